The van der Waals surface area contributed by atoms with Gasteiger partial charge in [0, 0.05) is 30.8 Å². The number of carbonyl (C=O) groups is 3. The van der Waals surface area contributed by atoms with Gasteiger partial charge >= 0.3 is 5.97 Å². The first-order valence-corrected chi connectivity index (χ1v) is 9.41. The van der Waals surface area contributed by atoms with E-state index in [2.05, 4.69) is 5.32 Å². The van der Waals surface area contributed by atoms with Crippen molar-refractivity contribution < 1.29 is 24.0 Å². The number of hydrogen-bond donors (Lipinski definition) is 1. The number of rotatable bonds is 7. The molecule has 9 nitrogen and oxygen atoms in total. The molecular weight excluding hydrogens is 390 g/mol. The van der Waals surface area contributed by atoms with Crippen LogP contribution >= 0.6 is 0 Å². The van der Waals surface area contributed by atoms with E-state index in [1.807, 2.05) is 37.3 Å². The molecule has 0 unspecified atom stereocenters. The summed E-state index contributed by atoms with van der Waals surface area (Å²) in [5.74, 6) is -2.05. The van der Waals surface area contributed by atoms with Crippen LogP contribution in [0.15, 0.2) is 54.6 Å². The second kappa shape index (κ2) is 9.17. The van der Waals surface area contributed by atoms with Crippen LogP contribution in [-0.4, -0.2) is 35.9 Å². The fourth-order valence-electron chi connectivity index (χ4n) is 3.23. The third kappa shape index (κ3) is 4.99. The molecule has 0 aliphatic carbocycles. The van der Waals surface area contributed by atoms with Gasteiger partial charge in [-0.15, -0.1) is 0 Å². The molecule has 9 heteroatoms. The van der Waals surface area contributed by atoms with Crippen molar-refractivity contribution in [3.63, 3.8) is 0 Å². The lowest BCUT2D eigenvalue weighted by Gasteiger charge is -2.17. The van der Waals surface area contributed by atoms with E-state index in [9.17, 15) is 24.5 Å². The van der Waals surface area contributed by atoms with E-state index in [0.29, 0.717) is 5.69 Å². The Kier molecular flexibility index (Phi) is 6.41. The molecule has 0 spiro atoms. The van der Waals surface area contributed by atoms with Crippen LogP contribution in [0.1, 0.15) is 24.9 Å². The minimum atomic E-state index is -0.702. The van der Waals surface area contributed by atoms with Gasteiger partial charge in [-0.1, -0.05) is 30.3 Å². The summed E-state index contributed by atoms with van der Waals surface area (Å²) < 4.78 is 5.09. The number of ether oxygens (including phenoxy) is 1. The Bertz CT molecular complexity index is 945. The summed E-state index contributed by atoms with van der Waals surface area (Å²) in [7, 11) is 0. The Morgan fingerprint density at radius 2 is 1.87 bits per heavy atom. The zero-order chi connectivity index (χ0) is 21.7. The van der Waals surface area contributed by atoms with Gasteiger partial charge in [-0.05, 0) is 24.6 Å². The molecule has 3 rings (SSSR count). The molecule has 2 aromatic carbocycles. The predicted octanol–water partition coefficient (Wildman–Crippen LogP) is 2.37. The second-order valence-corrected chi connectivity index (χ2v) is 6.99. The Morgan fingerprint density at radius 3 is 2.50 bits per heavy atom. The van der Waals surface area contributed by atoms with Crippen molar-refractivity contribution in [2.45, 2.75) is 19.4 Å². The third-order valence-corrected chi connectivity index (χ3v) is 4.85. The number of nitro benzene ring substituents is 1. The number of non-ortho nitro benzene ring substituents is 1. The fourth-order valence-corrected chi connectivity index (χ4v) is 3.23. The zero-order valence-electron chi connectivity index (χ0n) is 16.3. The van der Waals surface area contributed by atoms with E-state index < -0.39 is 29.3 Å². The molecule has 30 heavy (non-hydrogen) atoms. The molecule has 2 aromatic rings. The number of anilines is 1. The van der Waals surface area contributed by atoms with Gasteiger partial charge in [-0.2, -0.15) is 0 Å². The smallest absolute Gasteiger partial charge is 0.311 e. The highest BCUT2D eigenvalue weighted by atomic mass is 16.6. The van der Waals surface area contributed by atoms with Crippen LogP contribution in [0.4, 0.5) is 11.4 Å². The summed E-state index contributed by atoms with van der Waals surface area (Å²) >= 11 is 0. The van der Waals surface area contributed by atoms with Crippen molar-refractivity contribution >= 4 is 29.2 Å². The number of nitrogens with one attached hydrogen (secondary N) is 1. The first-order chi connectivity index (χ1) is 14.3. The molecule has 0 radical (unpaired) electrons. The maximum absolute atomic E-state index is 12.3. The highest BCUT2D eigenvalue weighted by Gasteiger charge is 2.36. The highest BCUT2D eigenvalue weighted by Crippen LogP contribution is 2.27. The number of carbonyl (C=O) groups excluding carboxylic acids is 3. The van der Waals surface area contributed by atoms with Crippen LogP contribution in [0.5, 0.6) is 0 Å². The van der Waals surface area contributed by atoms with Crippen molar-refractivity contribution in [1.29, 1.82) is 0 Å². The SMILES string of the molecule is C[C@@H](NC(=O)COC(=O)[C@@H]1CC(=O)N(c2ccc([N+](=O)[O-])cc2)C1)c1ccccc1. The van der Waals surface area contributed by atoms with Gasteiger partial charge in [0.2, 0.25) is 5.91 Å². The van der Waals surface area contributed by atoms with Crippen LogP contribution in [0.2, 0.25) is 0 Å². The number of hydrogen-bond acceptors (Lipinski definition) is 6. The summed E-state index contributed by atoms with van der Waals surface area (Å²) in [6.07, 6.45) is -0.0438. The maximum atomic E-state index is 12.3. The van der Waals surface area contributed by atoms with E-state index in [0.717, 1.165) is 5.56 Å². The number of esters is 1. The maximum Gasteiger partial charge on any atom is 0.311 e. The first-order valence-electron chi connectivity index (χ1n) is 9.41. The minimum Gasteiger partial charge on any atom is -0.455 e. The predicted molar refractivity (Wildman–Crippen MR) is 108 cm³/mol. The van der Waals surface area contributed by atoms with Crippen molar-refractivity contribution in [3.8, 4) is 0 Å². The van der Waals surface area contributed by atoms with Crippen molar-refractivity contribution in [2.75, 3.05) is 18.1 Å². The van der Waals surface area contributed by atoms with Crippen LogP contribution in [-0.2, 0) is 19.1 Å². The zero-order valence-corrected chi connectivity index (χ0v) is 16.3. The van der Waals surface area contributed by atoms with Gasteiger partial charge < -0.3 is 15.0 Å². The standard InChI is InChI=1S/C21H21N3O6/c1-14(15-5-3-2-4-6-15)22-19(25)13-30-21(27)16-11-20(26)23(12-16)17-7-9-18(10-8-17)24(28)29/h2-10,14,16H,11-13H2,1H3,(H,22,25)/t14-,16-/m1/s1. The minimum absolute atomic E-state index is 0.0438. The molecule has 156 valence electrons. The fraction of sp³-hybridized carbons (Fsp3) is 0.286. The van der Waals surface area contributed by atoms with Gasteiger partial charge in [0.05, 0.1) is 16.9 Å². The van der Waals surface area contributed by atoms with Crippen molar-refractivity contribution in [3.05, 3.63) is 70.3 Å². The van der Waals surface area contributed by atoms with Gasteiger partial charge in [0.1, 0.15) is 0 Å². The molecule has 1 aliphatic rings. The van der Waals surface area contributed by atoms with Gasteiger partial charge in [0.15, 0.2) is 6.61 Å². The van der Waals surface area contributed by atoms with Gasteiger partial charge in [-0.25, -0.2) is 0 Å². The van der Waals surface area contributed by atoms with E-state index in [1.54, 1.807) is 0 Å². The first kappa shape index (κ1) is 21.0. The molecule has 1 heterocycles. The topological polar surface area (TPSA) is 119 Å². The second-order valence-electron chi connectivity index (χ2n) is 6.99. The lowest BCUT2D eigenvalue weighted by atomic mass is 10.1. The summed E-state index contributed by atoms with van der Waals surface area (Å²) in [4.78, 5) is 48.2. The average molecular weight is 411 g/mol. The third-order valence-electron chi connectivity index (χ3n) is 4.85. The number of nitrogens with zero attached hydrogens (tertiary/aromatic N) is 2. The molecular formula is C21H21N3O6. The lowest BCUT2D eigenvalue weighted by molar-refractivity contribution is -0.384. The molecule has 2 amide bonds. The molecule has 1 aliphatic heterocycles. The van der Waals surface area contributed by atoms with E-state index >= 15 is 0 Å². The van der Waals surface area contributed by atoms with Gasteiger partial charge in [0.25, 0.3) is 11.6 Å². The number of amides is 2. The molecule has 1 N–H and O–H groups in total. The van der Waals surface area contributed by atoms with E-state index in [4.69, 9.17) is 4.74 Å². The van der Waals surface area contributed by atoms with Crippen molar-refractivity contribution in [1.82, 2.24) is 5.32 Å². The summed E-state index contributed by atoms with van der Waals surface area (Å²) in [5, 5.41) is 13.5. The average Bonchev–Trinajstić information content (AvgIpc) is 3.14. The monoisotopic (exact) mass is 411 g/mol. The molecule has 0 aromatic heterocycles. The van der Waals surface area contributed by atoms with Crippen LogP contribution in [0.25, 0.3) is 0 Å². The Balaban J connectivity index is 1.50. The summed E-state index contributed by atoms with van der Waals surface area (Å²) in [5.41, 5.74) is 1.31. The van der Waals surface area contributed by atoms with Gasteiger partial charge in [-0.3, -0.25) is 24.5 Å². The lowest BCUT2D eigenvalue weighted by Crippen LogP contribution is -2.32. The van der Waals surface area contributed by atoms with E-state index in [-0.39, 0.29) is 30.6 Å². The summed E-state index contributed by atoms with van der Waals surface area (Å²) in [6.45, 7) is 1.49. The molecule has 2 atom stereocenters. The quantitative estimate of drug-likeness (QED) is 0.424. The van der Waals surface area contributed by atoms with Crippen molar-refractivity contribution in [2.24, 2.45) is 5.92 Å². The molecule has 0 bridgehead atoms. The molecule has 1 saturated heterocycles. The van der Waals surface area contributed by atoms with Crippen LogP contribution in [0.3, 0.4) is 0 Å². The van der Waals surface area contributed by atoms with E-state index in [1.165, 1.54) is 29.2 Å². The van der Waals surface area contributed by atoms with Crippen LogP contribution < -0.4 is 10.2 Å². The highest BCUT2D eigenvalue weighted by molar-refractivity contribution is 5.99. The normalized spacial score (nSPS) is 16.8. The Morgan fingerprint density at radius 1 is 1.20 bits per heavy atom. The number of benzene rings is 2. The molecule has 0 saturated carbocycles. The molecule has 1 fully saturated rings. The summed E-state index contributed by atoms with van der Waals surface area (Å²) in [6, 6.07) is 14.7. The Labute approximate surface area is 172 Å². The number of nitro groups is 1. The largest absolute Gasteiger partial charge is 0.455 e. The Hall–Kier alpha value is -3.75. The van der Waals surface area contributed by atoms with Crippen LogP contribution in [0, 0.1) is 16.0 Å².